The van der Waals surface area contributed by atoms with Crippen molar-refractivity contribution < 1.29 is 14.3 Å². The number of methoxy groups -OCH3 is 1. The maximum atomic E-state index is 13.4. The summed E-state index contributed by atoms with van der Waals surface area (Å²) in [5.41, 5.74) is 0.985. The minimum atomic E-state index is -0.476. The van der Waals surface area contributed by atoms with Crippen LogP contribution >= 0.6 is 23.4 Å². The Bertz CT molecular complexity index is 930. The maximum absolute atomic E-state index is 13.4. The van der Waals surface area contributed by atoms with E-state index in [0.29, 0.717) is 19.4 Å². The van der Waals surface area contributed by atoms with Crippen LogP contribution in [-0.4, -0.2) is 41.7 Å². The molecular weight excluding hydrogens is 480 g/mol. The Kier molecular flexibility index (Phi) is 11.3. The third kappa shape index (κ3) is 8.76. The molecule has 0 aromatic heterocycles. The van der Waals surface area contributed by atoms with Crippen molar-refractivity contribution in [2.45, 2.75) is 81.8 Å². The van der Waals surface area contributed by atoms with E-state index in [-0.39, 0.29) is 17.9 Å². The Morgan fingerprint density at radius 1 is 1.09 bits per heavy atom. The van der Waals surface area contributed by atoms with Crippen molar-refractivity contribution in [3.63, 3.8) is 0 Å². The molecule has 0 unspecified atom stereocenters. The molecule has 0 aliphatic heterocycles. The van der Waals surface area contributed by atoms with Gasteiger partial charge in [-0.15, -0.1) is 11.8 Å². The average molecular weight is 517 g/mol. The third-order valence-electron chi connectivity index (χ3n) is 6.47. The van der Waals surface area contributed by atoms with Crippen molar-refractivity contribution in [2.75, 3.05) is 12.9 Å². The van der Waals surface area contributed by atoms with Crippen LogP contribution < -0.4 is 10.1 Å². The molecule has 0 bridgehead atoms. The van der Waals surface area contributed by atoms with E-state index in [0.717, 1.165) is 59.1 Å². The fourth-order valence-corrected chi connectivity index (χ4v) is 5.46. The fourth-order valence-electron chi connectivity index (χ4n) is 4.48. The van der Waals surface area contributed by atoms with Gasteiger partial charge >= 0.3 is 0 Å². The molecule has 2 amide bonds. The van der Waals surface area contributed by atoms with Crippen LogP contribution in [0, 0.1) is 0 Å². The largest absolute Gasteiger partial charge is 0.497 e. The first-order valence-electron chi connectivity index (χ1n) is 12.6. The maximum Gasteiger partial charge on any atom is 0.243 e. The number of halogens is 1. The molecule has 0 saturated heterocycles. The normalized spacial score (nSPS) is 14.8. The lowest BCUT2D eigenvalue weighted by molar-refractivity contribution is -0.141. The Balaban J connectivity index is 1.65. The number of rotatable bonds is 12. The van der Waals surface area contributed by atoms with Crippen LogP contribution in [0.4, 0.5) is 0 Å². The molecule has 1 N–H and O–H groups in total. The van der Waals surface area contributed by atoms with Crippen LogP contribution in [0.15, 0.2) is 53.4 Å². The minimum Gasteiger partial charge on any atom is -0.497 e. The van der Waals surface area contributed by atoms with Crippen molar-refractivity contribution in [2.24, 2.45) is 0 Å². The van der Waals surface area contributed by atoms with Gasteiger partial charge in [0.2, 0.25) is 11.8 Å². The van der Waals surface area contributed by atoms with E-state index >= 15 is 0 Å². The molecule has 5 nitrogen and oxygen atoms in total. The number of ether oxygens (including phenoxy) is 1. The molecule has 1 atom stereocenters. The number of hydrogen-bond donors (Lipinski definition) is 1. The number of hydrogen-bond acceptors (Lipinski definition) is 4. The molecule has 1 fully saturated rings. The van der Waals surface area contributed by atoms with Gasteiger partial charge in [0.1, 0.15) is 11.8 Å². The van der Waals surface area contributed by atoms with Crippen LogP contribution in [0.3, 0.4) is 0 Å². The molecule has 0 heterocycles. The van der Waals surface area contributed by atoms with E-state index in [4.69, 9.17) is 16.3 Å². The number of carbonyl (C=O) groups excluding carboxylic acids is 2. The summed E-state index contributed by atoms with van der Waals surface area (Å²) >= 11 is 7.68. The zero-order valence-corrected chi connectivity index (χ0v) is 22.4. The molecule has 7 heteroatoms. The monoisotopic (exact) mass is 516 g/mol. The smallest absolute Gasteiger partial charge is 0.243 e. The first kappa shape index (κ1) is 27.4. The summed E-state index contributed by atoms with van der Waals surface area (Å²) in [6, 6.07) is 15.2. The molecule has 0 radical (unpaired) electrons. The van der Waals surface area contributed by atoms with Crippen molar-refractivity contribution >= 4 is 35.2 Å². The van der Waals surface area contributed by atoms with Gasteiger partial charge in [0.25, 0.3) is 0 Å². The van der Waals surface area contributed by atoms with Gasteiger partial charge in [-0.2, -0.15) is 0 Å². The summed E-state index contributed by atoms with van der Waals surface area (Å²) in [6.07, 6.45) is 7.33. The topological polar surface area (TPSA) is 58.6 Å². The van der Waals surface area contributed by atoms with Crippen molar-refractivity contribution in [3.8, 4) is 5.75 Å². The van der Waals surface area contributed by atoms with E-state index in [9.17, 15) is 9.59 Å². The van der Waals surface area contributed by atoms with Gasteiger partial charge in [0.05, 0.1) is 7.11 Å². The van der Waals surface area contributed by atoms with E-state index in [1.165, 1.54) is 6.42 Å². The first-order chi connectivity index (χ1) is 17.0. The van der Waals surface area contributed by atoms with Gasteiger partial charge in [-0.1, -0.05) is 49.9 Å². The van der Waals surface area contributed by atoms with Crippen LogP contribution in [0.5, 0.6) is 5.75 Å². The highest BCUT2D eigenvalue weighted by molar-refractivity contribution is 7.99. The quantitative estimate of drug-likeness (QED) is 0.259. The summed E-state index contributed by atoms with van der Waals surface area (Å²) in [5, 5.41) is 3.95. The lowest BCUT2D eigenvalue weighted by Crippen LogP contribution is -2.51. The molecule has 3 rings (SSSR count). The lowest BCUT2D eigenvalue weighted by Gasteiger charge is -2.33. The van der Waals surface area contributed by atoms with Gasteiger partial charge < -0.3 is 15.0 Å². The predicted octanol–water partition coefficient (Wildman–Crippen LogP) is 6.48. The summed E-state index contributed by atoms with van der Waals surface area (Å²) in [4.78, 5) is 29.6. The zero-order chi connectivity index (χ0) is 25.0. The Labute approximate surface area is 218 Å². The molecule has 1 aliphatic rings. The van der Waals surface area contributed by atoms with E-state index < -0.39 is 6.04 Å². The third-order valence-corrected chi connectivity index (χ3v) is 7.82. The minimum absolute atomic E-state index is 0.0168. The highest BCUT2D eigenvalue weighted by Gasteiger charge is 2.30. The molecule has 1 saturated carbocycles. The molecule has 190 valence electrons. The second kappa shape index (κ2) is 14.4. The fraction of sp³-hybridized carbons (Fsp3) is 0.500. The van der Waals surface area contributed by atoms with Crippen molar-refractivity contribution in [1.29, 1.82) is 0 Å². The summed E-state index contributed by atoms with van der Waals surface area (Å²) in [6.45, 7) is 2.39. The summed E-state index contributed by atoms with van der Waals surface area (Å²) < 4.78 is 5.27. The number of thioether (sulfide) groups is 1. The number of benzene rings is 2. The van der Waals surface area contributed by atoms with Crippen molar-refractivity contribution in [1.82, 2.24) is 10.2 Å². The highest BCUT2D eigenvalue weighted by atomic mass is 35.5. The van der Waals surface area contributed by atoms with E-state index in [1.54, 1.807) is 23.8 Å². The Morgan fingerprint density at radius 3 is 2.40 bits per heavy atom. The standard InChI is InChI=1S/C28H37ClN2O3S/c1-3-26(28(33)30-23-8-5-4-6-9-23)31(20-21-11-15-24(34-2)16-12-21)27(32)10-7-19-35-25-17-13-22(29)14-18-25/h11-18,23,26H,3-10,19-20H2,1-2H3,(H,30,33)/t26-/m0/s1. The average Bonchev–Trinajstić information content (AvgIpc) is 2.88. The Hall–Kier alpha value is -2.18. The number of carbonyl (C=O) groups is 2. The van der Waals surface area contributed by atoms with Crippen LogP contribution in [0.2, 0.25) is 5.02 Å². The molecule has 1 aliphatic carbocycles. The Morgan fingerprint density at radius 2 is 1.77 bits per heavy atom. The van der Waals surface area contributed by atoms with Gasteiger partial charge in [-0.25, -0.2) is 0 Å². The molecule has 0 spiro atoms. The van der Waals surface area contributed by atoms with Gasteiger partial charge in [0.15, 0.2) is 0 Å². The molecule has 2 aromatic rings. The van der Waals surface area contributed by atoms with E-state index in [2.05, 4.69) is 5.32 Å². The summed E-state index contributed by atoms with van der Waals surface area (Å²) in [5.74, 6) is 1.59. The second-order valence-corrected chi connectivity index (χ2v) is 10.6. The predicted molar refractivity (Wildman–Crippen MR) is 144 cm³/mol. The highest BCUT2D eigenvalue weighted by Crippen LogP contribution is 2.23. The van der Waals surface area contributed by atoms with Crippen molar-refractivity contribution in [3.05, 3.63) is 59.1 Å². The van der Waals surface area contributed by atoms with E-state index in [1.807, 2.05) is 55.5 Å². The van der Waals surface area contributed by atoms with Gasteiger partial charge in [-0.05, 0) is 73.4 Å². The zero-order valence-electron chi connectivity index (χ0n) is 20.8. The van der Waals surface area contributed by atoms with Gasteiger partial charge in [-0.3, -0.25) is 9.59 Å². The first-order valence-corrected chi connectivity index (χ1v) is 14.0. The molecule has 2 aromatic carbocycles. The van der Waals surface area contributed by atoms with Crippen LogP contribution in [0.1, 0.15) is 63.9 Å². The lowest BCUT2D eigenvalue weighted by atomic mass is 9.95. The second-order valence-electron chi connectivity index (χ2n) is 9.04. The number of nitrogens with zero attached hydrogens (tertiary/aromatic N) is 1. The molecular formula is C28H37ClN2O3S. The summed E-state index contributed by atoms with van der Waals surface area (Å²) in [7, 11) is 1.63. The SMILES string of the molecule is CC[C@@H](C(=O)NC1CCCCC1)N(Cc1ccc(OC)cc1)C(=O)CCCSc1ccc(Cl)cc1. The van der Waals surface area contributed by atoms with Gasteiger partial charge in [0, 0.05) is 28.9 Å². The number of amides is 2. The number of nitrogens with one attached hydrogen (secondary N) is 1. The molecule has 35 heavy (non-hydrogen) atoms. The van der Waals surface area contributed by atoms with Crippen LogP contribution in [-0.2, 0) is 16.1 Å². The van der Waals surface area contributed by atoms with Crippen LogP contribution in [0.25, 0.3) is 0 Å².